The predicted molar refractivity (Wildman–Crippen MR) is 76.5 cm³/mol. The first-order valence-electron chi connectivity index (χ1n) is 6.50. The summed E-state index contributed by atoms with van der Waals surface area (Å²) in [6, 6.07) is 6.66. The molecule has 1 N–H and O–H groups in total. The Labute approximate surface area is 118 Å². The third kappa shape index (κ3) is 3.66. The Morgan fingerprint density at radius 3 is 2.15 bits per heavy atom. The van der Waals surface area contributed by atoms with Crippen LogP contribution in [-0.2, 0) is 14.6 Å². The molecule has 1 aromatic carbocycles. The molecule has 1 aliphatic rings. The van der Waals surface area contributed by atoms with E-state index in [2.05, 4.69) is 5.32 Å². The minimum atomic E-state index is -2.95. The predicted octanol–water partition coefficient (Wildman–Crippen LogP) is 1.65. The van der Waals surface area contributed by atoms with Gasteiger partial charge in [-0.1, -0.05) is 0 Å². The van der Waals surface area contributed by atoms with Crippen molar-refractivity contribution in [2.24, 2.45) is 5.92 Å². The van der Waals surface area contributed by atoms with Crippen molar-refractivity contribution >= 4 is 27.2 Å². The fourth-order valence-corrected chi connectivity index (χ4v) is 3.68. The maximum absolute atomic E-state index is 12.0. The zero-order chi connectivity index (χ0) is 14.8. The van der Waals surface area contributed by atoms with Crippen LogP contribution in [0.3, 0.4) is 0 Å². The van der Waals surface area contributed by atoms with E-state index in [1.54, 1.807) is 24.3 Å². The van der Waals surface area contributed by atoms with Crippen LogP contribution in [0.1, 0.15) is 30.1 Å². The van der Waals surface area contributed by atoms with E-state index in [0.29, 0.717) is 24.1 Å². The molecule has 6 heteroatoms. The van der Waals surface area contributed by atoms with Gasteiger partial charge in [0.1, 0.15) is 9.84 Å². The number of hydrogen-bond acceptors (Lipinski definition) is 4. The monoisotopic (exact) mass is 295 g/mol. The van der Waals surface area contributed by atoms with Crippen LogP contribution in [-0.4, -0.2) is 31.6 Å². The number of amides is 1. The molecule has 5 nitrogen and oxygen atoms in total. The summed E-state index contributed by atoms with van der Waals surface area (Å²) in [5.41, 5.74) is 1.21. The van der Waals surface area contributed by atoms with Gasteiger partial charge < -0.3 is 5.32 Å². The van der Waals surface area contributed by atoms with Crippen LogP contribution in [0.2, 0.25) is 0 Å². The Morgan fingerprint density at radius 2 is 1.65 bits per heavy atom. The van der Waals surface area contributed by atoms with Gasteiger partial charge in [-0.15, -0.1) is 0 Å². The Balaban J connectivity index is 1.96. The van der Waals surface area contributed by atoms with Crippen molar-refractivity contribution < 1.29 is 18.0 Å². The maximum Gasteiger partial charge on any atom is 0.227 e. The molecular formula is C14H17NO4S. The van der Waals surface area contributed by atoms with Crippen LogP contribution >= 0.6 is 0 Å². The molecular weight excluding hydrogens is 278 g/mol. The number of anilines is 1. The molecule has 0 aliphatic carbocycles. The average molecular weight is 295 g/mol. The van der Waals surface area contributed by atoms with Gasteiger partial charge in [0.25, 0.3) is 0 Å². The first-order valence-corrected chi connectivity index (χ1v) is 8.32. The van der Waals surface area contributed by atoms with Gasteiger partial charge in [-0.25, -0.2) is 8.42 Å². The molecule has 2 rings (SSSR count). The van der Waals surface area contributed by atoms with Gasteiger partial charge in [0, 0.05) is 17.2 Å². The van der Waals surface area contributed by atoms with Gasteiger partial charge in [-0.3, -0.25) is 9.59 Å². The van der Waals surface area contributed by atoms with Crippen LogP contribution < -0.4 is 5.32 Å². The Bertz CT molecular complexity index is 605. The fraction of sp³-hybridized carbons (Fsp3) is 0.429. The first-order chi connectivity index (χ1) is 9.37. The second-order valence-electron chi connectivity index (χ2n) is 5.05. The Kier molecular flexibility index (Phi) is 4.23. The molecule has 20 heavy (non-hydrogen) atoms. The summed E-state index contributed by atoms with van der Waals surface area (Å²) < 4.78 is 22.6. The molecule has 1 fully saturated rings. The van der Waals surface area contributed by atoms with Gasteiger partial charge in [0.2, 0.25) is 5.91 Å². The summed E-state index contributed by atoms with van der Waals surface area (Å²) in [7, 11) is -2.95. The van der Waals surface area contributed by atoms with Crippen LogP contribution in [0, 0.1) is 5.92 Å². The largest absolute Gasteiger partial charge is 0.326 e. The normalized spacial score (nSPS) is 18.4. The second-order valence-corrected chi connectivity index (χ2v) is 7.35. The quantitative estimate of drug-likeness (QED) is 0.860. The molecule has 1 aromatic rings. The van der Waals surface area contributed by atoms with E-state index in [1.807, 2.05) is 0 Å². The third-order valence-electron chi connectivity index (χ3n) is 3.48. The van der Waals surface area contributed by atoms with Crippen LogP contribution in [0.5, 0.6) is 0 Å². The summed E-state index contributed by atoms with van der Waals surface area (Å²) in [5, 5.41) is 2.76. The number of carbonyl (C=O) groups is 2. The van der Waals surface area contributed by atoms with Gasteiger partial charge in [-0.2, -0.15) is 0 Å². The van der Waals surface area contributed by atoms with Gasteiger partial charge in [-0.05, 0) is 44.0 Å². The minimum Gasteiger partial charge on any atom is -0.326 e. The van der Waals surface area contributed by atoms with Crippen LogP contribution in [0.25, 0.3) is 0 Å². The smallest absolute Gasteiger partial charge is 0.227 e. The Morgan fingerprint density at radius 1 is 1.10 bits per heavy atom. The molecule has 1 amide bonds. The molecule has 108 valence electrons. The lowest BCUT2D eigenvalue weighted by molar-refractivity contribution is -0.120. The second kappa shape index (κ2) is 5.75. The molecule has 0 saturated carbocycles. The van der Waals surface area contributed by atoms with E-state index in [1.165, 1.54) is 6.92 Å². The lowest BCUT2D eigenvalue weighted by Gasteiger charge is -2.21. The summed E-state index contributed by atoms with van der Waals surface area (Å²) >= 11 is 0. The van der Waals surface area contributed by atoms with E-state index < -0.39 is 9.84 Å². The van der Waals surface area contributed by atoms with Crippen LogP contribution in [0.4, 0.5) is 5.69 Å². The lowest BCUT2D eigenvalue weighted by Crippen LogP contribution is -2.31. The Hall–Kier alpha value is -1.69. The standard InChI is InChI=1S/C14H17NO4S/c1-10(16)11-2-4-13(5-3-11)15-14(17)12-6-8-20(18,19)9-7-12/h2-5,12H,6-9H2,1H3,(H,15,17). The summed E-state index contributed by atoms with van der Waals surface area (Å²) in [5.74, 6) is -0.287. The van der Waals surface area contributed by atoms with E-state index >= 15 is 0 Å². The number of benzene rings is 1. The van der Waals surface area contributed by atoms with E-state index in [-0.39, 0.29) is 29.1 Å². The van der Waals surface area contributed by atoms with Gasteiger partial charge in [0.15, 0.2) is 5.78 Å². The summed E-state index contributed by atoms with van der Waals surface area (Å²) in [6.07, 6.45) is 0.749. The SMILES string of the molecule is CC(=O)c1ccc(NC(=O)C2CCS(=O)(=O)CC2)cc1. The maximum atomic E-state index is 12.0. The van der Waals surface area contributed by atoms with E-state index in [4.69, 9.17) is 0 Å². The van der Waals surface area contributed by atoms with Crippen molar-refractivity contribution in [3.63, 3.8) is 0 Å². The zero-order valence-corrected chi connectivity index (χ0v) is 12.1. The highest BCUT2D eigenvalue weighted by Crippen LogP contribution is 2.21. The van der Waals surface area contributed by atoms with Crippen molar-refractivity contribution in [3.8, 4) is 0 Å². The number of ketones is 1. The van der Waals surface area contributed by atoms with E-state index in [9.17, 15) is 18.0 Å². The number of rotatable bonds is 3. The molecule has 0 spiro atoms. The molecule has 0 atom stereocenters. The summed E-state index contributed by atoms with van der Waals surface area (Å²) in [6.45, 7) is 1.48. The zero-order valence-electron chi connectivity index (χ0n) is 11.3. The van der Waals surface area contributed by atoms with Crippen molar-refractivity contribution in [2.75, 3.05) is 16.8 Å². The molecule has 1 aliphatic heterocycles. The van der Waals surface area contributed by atoms with Crippen LogP contribution in [0.15, 0.2) is 24.3 Å². The fourth-order valence-electron chi connectivity index (χ4n) is 2.18. The molecule has 0 unspecified atom stereocenters. The molecule has 0 radical (unpaired) electrons. The molecule has 1 saturated heterocycles. The van der Waals surface area contributed by atoms with Gasteiger partial charge in [0.05, 0.1) is 11.5 Å². The number of Topliss-reactive ketones (excluding diaryl/α,β-unsaturated/α-hetero) is 1. The molecule has 1 heterocycles. The van der Waals surface area contributed by atoms with Crippen molar-refractivity contribution in [2.45, 2.75) is 19.8 Å². The highest BCUT2D eigenvalue weighted by Gasteiger charge is 2.28. The first kappa shape index (κ1) is 14.7. The topological polar surface area (TPSA) is 80.3 Å². The minimum absolute atomic E-state index is 0.0274. The van der Waals surface area contributed by atoms with Crippen molar-refractivity contribution in [1.82, 2.24) is 0 Å². The lowest BCUT2D eigenvalue weighted by atomic mass is 10.0. The molecule has 0 bridgehead atoms. The van der Waals surface area contributed by atoms with Crippen molar-refractivity contribution in [1.29, 1.82) is 0 Å². The summed E-state index contributed by atoms with van der Waals surface area (Å²) in [4.78, 5) is 23.2. The number of carbonyl (C=O) groups excluding carboxylic acids is 2. The number of nitrogens with one attached hydrogen (secondary N) is 1. The van der Waals surface area contributed by atoms with E-state index in [0.717, 1.165) is 0 Å². The van der Waals surface area contributed by atoms with Gasteiger partial charge >= 0.3 is 0 Å². The highest BCUT2D eigenvalue weighted by molar-refractivity contribution is 7.91. The van der Waals surface area contributed by atoms with Crippen molar-refractivity contribution in [3.05, 3.63) is 29.8 Å². The average Bonchev–Trinajstić information content (AvgIpc) is 2.39. The molecule has 0 aromatic heterocycles. The number of hydrogen-bond donors (Lipinski definition) is 1. The third-order valence-corrected chi connectivity index (χ3v) is 5.20. The highest BCUT2D eigenvalue weighted by atomic mass is 32.2. The number of sulfone groups is 1.